The van der Waals surface area contributed by atoms with E-state index >= 15 is 0 Å². The summed E-state index contributed by atoms with van der Waals surface area (Å²) in [6.07, 6.45) is 0. The van der Waals surface area contributed by atoms with Gasteiger partial charge in [-0.15, -0.1) is 0 Å². The molecule has 0 radical (unpaired) electrons. The van der Waals surface area contributed by atoms with Crippen LogP contribution in [-0.2, 0) is 0 Å². The van der Waals surface area contributed by atoms with Gasteiger partial charge in [0, 0.05) is 36.8 Å². The van der Waals surface area contributed by atoms with Crippen LogP contribution in [0.25, 0.3) is 10.2 Å². The highest BCUT2D eigenvalue weighted by atomic mass is 35.5. The van der Waals surface area contributed by atoms with Gasteiger partial charge in [-0.3, -0.25) is 4.79 Å². The fourth-order valence-electron chi connectivity index (χ4n) is 3.19. The molecule has 7 heteroatoms. The summed E-state index contributed by atoms with van der Waals surface area (Å²) in [5.41, 5.74) is 1.63. The van der Waals surface area contributed by atoms with Gasteiger partial charge in [0.2, 0.25) is 0 Å². The number of anilines is 1. The van der Waals surface area contributed by atoms with Crippen molar-refractivity contribution >= 4 is 44.2 Å². The molecule has 3 aromatic rings. The number of benzene rings is 2. The van der Waals surface area contributed by atoms with Crippen molar-refractivity contribution in [1.82, 2.24) is 9.88 Å². The van der Waals surface area contributed by atoms with Crippen molar-refractivity contribution in [3.05, 3.63) is 53.1 Å². The fourth-order valence-corrected chi connectivity index (χ4v) is 4.48. The van der Waals surface area contributed by atoms with E-state index in [1.165, 1.54) is 0 Å². The van der Waals surface area contributed by atoms with Gasteiger partial charge in [0.05, 0.1) is 16.8 Å². The molecule has 1 aliphatic heterocycles. The Bertz CT molecular complexity index is 967. The Morgan fingerprint density at radius 1 is 1.19 bits per heavy atom. The second-order valence-electron chi connectivity index (χ2n) is 6.35. The molecule has 1 saturated heterocycles. The standard InChI is InChI=1S/C20H20ClN3O2S/c1-2-26-16-5-3-4-14(12-16)19(25)23-8-10-24(11-9-23)20-22-17-7-6-15(21)13-18(17)27-20/h3-7,12-13H,2,8-11H2,1H3. The molecule has 2 heterocycles. The van der Waals surface area contributed by atoms with Crippen LogP contribution >= 0.6 is 22.9 Å². The van der Waals surface area contributed by atoms with Gasteiger partial charge < -0.3 is 14.5 Å². The number of aromatic nitrogens is 1. The van der Waals surface area contributed by atoms with Crippen molar-refractivity contribution in [3.63, 3.8) is 0 Å². The number of fused-ring (bicyclic) bond motifs is 1. The molecule has 0 atom stereocenters. The van der Waals surface area contributed by atoms with E-state index in [2.05, 4.69) is 4.90 Å². The minimum absolute atomic E-state index is 0.0484. The van der Waals surface area contributed by atoms with Crippen molar-refractivity contribution in [1.29, 1.82) is 0 Å². The van der Waals surface area contributed by atoms with Crippen molar-refractivity contribution in [3.8, 4) is 5.75 Å². The quantitative estimate of drug-likeness (QED) is 0.653. The lowest BCUT2D eigenvalue weighted by Crippen LogP contribution is -2.48. The Morgan fingerprint density at radius 2 is 2.00 bits per heavy atom. The van der Waals surface area contributed by atoms with Crippen molar-refractivity contribution in [2.75, 3.05) is 37.7 Å². The van der Waals surface area contributed by atoms with Crippen LogP contribution in [0, 0.1) is 0 Å². The van der Waals surface area contributed by atoms with Gasteiger partial charge in [-0.25, -0.2) is 4.98 Å². The highest BCUT2D eigenvalue weighted by Crippen LogP contribution is 2.31. The van der Waals surface area contributed by atoms with Gasteiger partial charge in [0.15, 0.2) is 5.13 Å². The van der Waals surface area contributed by atoms with Crippen molar-refractivity contribution in [2.45, 2.75) is 6.92 Å². The minimum Gasteiger partial charge on any atom is -0.494 e. The van der Waals surface area contributed by atoms with E-state index in [-0.39, 0.29) is 5.91 Å². The molecule has 4 rings (SSSR count). The second-order valence-corrected chi connectivity index (χ2v) is 7.79. The molecule has 5 nitrogen and oxygen atoms in total. The van der Waals surface area contributed by atoms with Gasteiger partial charge in [-0.05, 0) is 43.3 Å². The molecule has 140 valence electrons. The lowest BCUT2D eigenvalue weighted by molar-refractivity contribution is 0.0746. The third-order valence-corrected chi connectivity index (χ3v) is 5.88. The molecule has 0 spiro atoms. The molecule has 0 bridgehead atoms. The number of amides is 1. The van der Waals surface area contributed by atoms with Gasteiger partial charge in [-0.2, -0.15) is 0 Å². The van der Waals surface area contributed by atoms with E-state index in [0.29, 0.717) is 25.3 Å². The van der Waals surface area contributed by atoms with E-state index in [0.717, 1.165) is 39.2 Å². The van der Waals surface area contributed by atoms with Crippen LogP contribution in [0.3, 0.4) is 0 Å². The number of carbonyl (C=O) groups is 1. The molecule has 0 N–H and O–H groups in total. The number of nitrogens with zero attached hydrogens (tertiary/aromatic N) is 3. The molecule has 1 fully saturated rings. The largest absolute Gasteiger partial charge is 0.494 e. The summed E-state index contributed by atoms with van der Waals surface area (Å²) < 4.78 is 6.59. The molecule has 0 unspecified atom stereocenters. The third kappa shape index (κ3) is 3.87. The fraction of sp³-hybridized carbons (Fsp3) is 0.300. The Labute approximate surface area is 167 Å². The summed E-state index contributed by atoms with van der Waals surface area (Å²) in [7, 11) is 0. The SMILES string of the molecule is CCOc1cccc(C(=O)N2CCN(c3nc4ccc(Cl)cc4s3)CC2)c1. The molecule has 2 aromatic carbocycles. The van der Waals surface area contributed by atoms with Crippen LogP contribution in [-0.4, -0.2) is 48.6 Å². The van der Waals surface area contributed by atoms with E-state index in [4.69, 9.17) is 21.3 Å². The third-order valence-electron chi connectivity index (χ3n) is 4.57. The van der Waals surface area contributed by atoms with E-state index < -0.39 is 0 Å². The average molecular weight is 402 g/mol. The van der Waals surface area contributed by atoms with Crippen LogP contribution in [0.15, 0.2) is 42.5 Å². The first-order valence-electron chi connectivity index (χ1n) is 8.97. The number of thiazole rings is 1. The predicted octanol–water partition coefficient (Wildman–Crippen LogP) is 4.31. The molecule has 0 aliphatic carbocycles. The molecule has 0 saturated carbocycles. The molecule has 1 aromatic heterocycles. The van der Waals surface area contributed by atoms with E-state index in [1.807, 2.05) is 54.3 Å². The topological polar surface area (TPSA) is 45.7 Å². The predicted molar refractivity (Wildman–Crippen MR) is 110 cm³/mol. The zero-order valence-electron chi connectivity index (χ0n) is 15.0. The van der Waals surface area contributed by atoms with Gasteiger partial charge >= 0.3 is 0 Å². The summed E-state index contributed by atoms with van der Waals surface area (Å²) in [5, 5.41) is 1.71. The number of ether oxygens (including phenoxy) is 1. The monoisotopic (exact) mass is 401 g/mol. The maximum atomic E-state index is 12.8. The summed E-state index contributed by atoms with van der Waals surface area (Å²) >= 11 is 7.71. The van der Waals surface area contributed by atoms with E-state index in [9.17, 15) is 4.79 Å². The van der Waals surface area contributed by atoms with Crippen LogP contribution in [0.5, 0.6) is 5.75 Å². The first kappa shape index (κ1) is 18.1. The van der Waals surface area contributed by atoms with Gasteiger partial charge in [0.1, 0.15) is 5.75 Å². The number of halogens is 1. The zero-order chi connectivity index (χ0) is 18.8. The lowest BCUT2D eigenvalue weighted by Gasteiger charge is -2.34. The first-order valence-corrected chi connectivity index (χ1v) is 10.2. The molecular weight excluding hydrogens is 382 g/mol. The summed E-state index contributed by atoms with van der Waals surface area (Å²) in [6, 6.07) is 13.1. The van der Waals surface area contributed by atoms with Crippen LogP contribution in [0.2, 0.25) is 5.02 Å². The van der Waals surface area contributed by atoms with Crippen molar-refractivity contribution in [2.24, 2.45) is 0 Å². The highest BCUT2D eigenvalue weighted by molar-refractivity contribution is 7.22. The Balaban J connectivity index is 1.43. The maximum absolute atomic E-state index is 12.8. The van der Waals surface area contributed by atoms with Crippen LogP contribution in [0.4, 0.5) is 5.13 Å². The summed E-state index contributed by atoms with van der Waals surface area (Å²) in [5.74, 6) is 0.780. The Hall–Kier alpha value is -2.31. The normalized spacial score (nSPS) is 14.6. The zero-order valence-corrected chi connectivity index (χ0v) is 16.6. The minimum atomic E-state index is 0.0484. The summed E-state index contributed by atoms with van der Waals surface area (Å²) in [4.78, 5) is 21.6. The molecule has 1 amide bonds. The number of rotatable bonds is 4. The van der Waals surface area contributed by atoms with Crippen LogP contribution in [0.1, 0.15) is 17.3 Å². The van der Waals surface area contributed by atoms with Gasteiger partial charge in [0.25, 0.3) is 5.91 Å². The van der Waals surface area contributed by atoms with Gasteiger partial charge in [-0.1, -0.05) is 29.0 Å². The molecule has 27 heavy (non-hydrogen) atoms. The Morgan fingerprint density at radius 3 is 2.78 bits per heavy atom. The van der Waals surface area contributed by atoms with Crippen LogP contribution < -0.4 is 9.64 Å². The summed E-state index contributed by atoms with van der Waals surface area (Å²) in [6.45, 7) is 5.41. The second kappa shape index (κ2) is 7.74. The Kier molecular flexibility index (Phi) is 5.18. The maximum Gasteiger partial charge on any atom is 0.254 e. The number of hydrogen-bond donors (Lipinski definition) is 0. The molecule has 1 aliphatic rings. The number of piperazine rings is 1. The number of carbonyl (C=O) groups excluding carboxylic acids is 1. The average Bonchev–Trinajstić information content (AvgIpc) is 3.11. The lowest BCUT2D eigenvalue weighted by atomic mass is 10.1. The first-order chi connectivity index (χ1) is 13.1. The smallest absolute Gasteiger partial charge is 0.254 e. The molecular formula is C20H20ClN3O2S. The van der Waals surface area contributed by atoms with E-state index in [1.54, 1.807) is 11.3 Å². The van der Waals surface area contributed by atoms with Crippen molar-refractivity contribution < 1.29 is 9.53 Å². The highest BCUT2D eigenvalue weighted by Gasteiger charge is 2.24. The number of hydrogen-bond acceptors (Lipinski definition) is 5.